The van der Waals surface area contributed by atoms with Crippen molar-refractivity contribution in [2.75, 3.05) is 32.8 Å². The Kier molecular flexibility index (Phi) is 6.81. The summed E-state index contributed by atoms with van der Waals surface area (Å²) < 4.78 is 7.53. The molecule has 0 radical (unpaired) electrons. The number of piperidine rings is 1. The lowest BCUT2D eigenvalue weighted by atomic mass is 9.96. The molecule has 7 nitrogen and oxygen atoms in total. The monoisotopic (exact) mass is 371 g/mol. The fourth-order valence-electron chi connectivity index (χ4n) is 3.46. The molecular weight excluding hydrogens is 342 g/mol. The summed E-state index contributed by atoms with van der Waals surface area (Å²) in [4.78, 5) is 23.5. The number of hydrogen-bond donors (Lipinski definition) is 1. The molecule has 2 aromatic rings. The normalized spacial score (nSPS) is 15.6. The summed E-state index contributed by atoms with van der Waals surface area (Å²) in [6, 6.07) is 3.52. The van der Waals surface area contributed by atoms with E-state index in [4.69, 9.17) is 4.74 Å². The zero-order chi connectivity index (χ0) is 19.1. The number of pyridine rings is 1. The minimum atomic E-state index is -0.108. The SMILES string of the molecule is CCOc1ncccc1C(=O)NCC1CCN(CCc2nccn2C)CC1. The van der Waals surface area contributed by atoms with Crippen molar-refractivity contribution < 1.29 is 9.53 Å². The summed E-state index contributed by atoms with van der Waals surface area (Å²) in [5, 5.41) is 3.05. The molecule has 27 heavy (non-hydrogen) atoms. The van der Waals surface area contributed by atoms with Gasteiger partial charge in [-0.15, -0.1) is 0 Å². The van der Waals surface area contributed by atoms with Crippen molar-refractivity contribution >= 4 is 5.91 Å². The first-order valence-electron chi connectivity index (χ1n) is 9.72. The zero-order valence-electron chi connectivity index (χ0n) is 16.2. The molecule has 1 N–H and O–H groups in total. The van der Waals surface area contributed by atoms with E-state index in [2.05, 4.69) is 24.8 Å². The van der Waals surface area contributed by atoms with Crippen molar-refractivity contribution in [1.82, 2.24) is 24.8 Å². The number of imidazole rings is 1. The van der Waals surface area contributed by atoms with Gasteiger partial charge in [0, 0.05) is 45.1 Å². The van der Waals surface area contributed by atoms with E-state index in [-0.39, 0.29) is 5.91 Å². The van der Waals surface area contributed by atoms with Crippen LogP contribution in [0, 0.1) is 5.92 Å². The highest BCUT2D eigenvalue weighted by molar-refractivity contribution is 5.96. The van der Waals surface area contributed by atoms with Crippen LogP contribution in [-0.4, -0.2) is 58.1 Å². The Morgan fingerprint density at radius 2 is 2.11 bits per heavy atom. The third-order valence-corrected chi connectivity index (χ3v) is 5.13. The predicted molar refractivity (Wildman–Crippen MR) is 104 cm³/mol. The third-order valence-electron chi connectivity index (χ3n) is 5.13. The average Bonchev–Trinajstić information content (AvgIpc) is 3.11. The van der Waals surface area contributed by atoms with Gasteiger partial charge in [0.2, 0.25) is 5.88 Å². The first-order valence-corrected chi connectivity index (χ1v) is 9.72. The molecular formula is C20H29N5O2. The second kappa shape index (κ2) is 9.50. The quantitative estimate of drug-likeness (QED) is 0.767. The molecule has 1 aliphatic heterocycles. The van der Waals surface area contributed by atoms with Gasteiger partial charge in [-0.05, 0) is 50.9 Å². The van der Waals surface area contributed by atoms with Crippen molar-refractivity contribution in [2.24, 2.45) is 13.0 Å². The molecule has 1 saturated heterocycles. The number of aromatic nitrogens is 3. The van der Waals surface area contributed by atoms with E-state index >= 15 is 0 Å². The largest absolute Gasteiger partial charge is 0.477 e. The number of nitrogens with zero attached hydrogens (tertiary/aromatic N) is 4. The number of amides is 1. The molecule has 0 bridgehead atoms. The van der Waals surface area contributed by atoms with E-state index in [0.717, 1.165) is 44.7 Å². The minimum Gasteiger partial charge on any atom is -0.477 e. The van der Waals surface area contributed by atoms with E-state index < -0.39 is 0 Å². The van der Waals surface area contributed by atoms with Crippen LogP contribution < -0.4 is 10.1 Å². The van der Waals surface area contributed by atoms with Gasteiger partial charge in [-0.1, -0.05) is 0 Å². The van der Waals surface area contributed by atoms with E-state index in [0.29, 0.717) is 30.5 Å². The maximum Gasteiger partial charge on any atom is 0.256 e. The number of ether oxygens (including phenoxy) is 1. The number of aryl methyl sites for hydroxylation is 1. The number of rotatable bonds is 8. The van der Waals surface area contributed by atoms with Crippen LogP contribution in [0.25, 0.3) is 0 Å². The Morgan fingerprint density at radius 3 is 2.81 bits per heavy atom. The van der Waals surface area contributed by atoms with Crippen LogP contribution in [0.5, 0.6) is 5.88 Å². The van der Waals surface area contributed by atoms with Crippen LogP contribution in [0.1, 0.15) is 35.9 Å². The molecule has 0 aliphatic carbocycles. The maximum atomic E-state index is 12.5. The fourth-order valence-corrected chi connectivity index (χ4v) is 3.46. The van der Waals surface area contributed by atoms with Gasteiger partial charge < -0.3 is 19.5 Å². The van der Waals surface area contributed by atoms with Crippen molar-refractivity contribution in [3.05, 3.63) is 42.1 Å². The molecule has 3 heterocycles. The van der Waals surface area contributed by atoms with Crippen LogP contribution in [-0.2, 0) is 13.5 Å². The van der Waals surface area contributed by atoms with Crippen LogP contribution in [0.3, 0.4) is 0 Å². The lowest BCUT2D eigenvalue weighted by Gasteiger charge is -2.31. The Bertz CT molecular complexity index is 737. The molecule has 1 fully saturated rings. The van der Waals surface area contributed by atoms with Crippen LogP contribution in [0.15, 0.2) is 30.7 Å². The van der Waals surface area contributed by atoms with Crippen LogP contribution in [0.2, 0.25) is 0 Å². The molecule has 0 unspecified atom stereocenters. The van der Waals surface area contributed by atoms with Gasteiger partial charge in [0.25, 0.3) is 5.91 Å². The van der Waals surface area contributed by atoms with Crippen molar-refractivity contribution in [3.8, 4) is 5.88 Å². The zero-order valence-corrected chi connectivity index (χ0v) is 16.2. The summed E-state index contributed by atoms with van der Waals surface area (Å²) in [5.41, 5.74) is 0.506. The van der Waals surface area contributed by atoms with Gasteiger partial charge in [-0.2, -0.15) is 0 Å². The Labute approximate surface area is 160 Å². The summed E-state index contributed by atoms with van der Waals surface area (Å²) in [6.45, 7) is 6.26. The molecule has 0 spiro atoms. The van der Waals surface area contributed by atoms with Crippen LogP contribution in [0.4, 0.5) is 0 Å². The molecule has 0 atom stereocenters. The van der Waals surface area contributed by atoms with E-state index in [9.17, 15) is 4.79 Å². The van der Waals surface area contributed by atoms with Gasteiger partial charge in [-0.25, -0.2) is 9.97 Å². The summed E-state index contributed by atoms with van der Waals surface area (Å²) >= 11 is 0. The summed E-state index contributed by atoms with van der Waals surface area (Å²) in [5.74, 6) is 1.95. The van der Waals surface area contributed by atoms with Gasteiger partial charge in [-0.3, -0.25) is 4.79 Å². The second-order valence-corrected chi connectivity index (χ2v) is 6.99. The third kappa shape index (κ3) is 5.29. The highest BCUT2D eigenvalue weighted by Gasteiger charge is 2.21. The van der Waals surface area contributed by atoms with Gasteiger partial charge in [0.1, 0.15) is 11.4 Å². The van der Waals surface area contributed by atoms with Gasteiger partial charge in [0.15, 0.2) is 0 Å². The van der Waals surface area contributed by atoms with Crippen molar-refractivity contribution in [1.29, 1.82) is 0 Å². The second-order valence-electron chi connectivity index (χ2n) is 6.99. The standard InChI is InChI=1S/C20H29N5O2/c1-3-27-20-17(5-4-9-22-20)19(26)23-15-16-6-11-25(12-7-16)13-8-18-21-10-14-24(18)2/h4-5,9-10,14,16H,3,6-8,11-13,15H2,1-2H3,(H,23,26). The van der Waals surface area contributed by atoms with E-state index in [1.807, 2.05) is 26.4 Å². The number of hydrogen-bond acceptors (Lipinski definition) is 5. The molecule has 146 valence electrons. The number of carbonyl (C=O) groups excluding carboxylic acids is 1. The first kappa shape index (κ1) is 19.4. The average molecular weight is 371 g/mol. The highest BCUT2D eigenvalue weighted by atomic mass is 16.5. The molecule has 0 saturated carbocycles. The molecule has 1 amide bonds. The predicted octanol–water partition coefficient (Wildman–Crippen LogP) is 1.90. The molecule has 3 rings (SSSR count). The topological polar surface area (TPSA) is 72.3 Å². The van der Waals surface area contributed by atoms with Crippen molar-refractivity contribution in [3.63, 3.8) is 0 Å². The summed E-state index contributed by atoms with van der Waals surface area (Å²) in [7, 11) is 2.04. The lowest BCUT2D eigenvalue weighted by Crippen LogP contribution is -2.39. The lowest BCUT2D eigenvalue weighted by molar-refractivity contribution is 0.0931. The van der Waals surface area contributed by atoms with E-state index in [1.54, 1.807) is 18.3 Å². The van der Waals surface area contributed by atoms with Crippen molar-refractivity contribution in [2.45, 2.75) is 26.2 Å². The smallest absolute Gasteiger partial charge is 0.256 e. The fraction of sp³-hybridized carbons (Fsp3) is 0.550. The van der Waals surface area contributed by atoms with Crippen LogP contribution >= 0.6 is 0 Å². The molecule has 7 heteroatoms. The highest BCUT2D eigenvalue weighted by Crippen LogP contribution is 2.18. The first-order chi connectivity index (χ1) is 13.2. The number of carbonyl (C=O) groups is 1. The summed E-state index contributed by atoms with van der Waals surface area (Å²) in [6.07, 6.45) is 8.67. The Balaban J connectivity index is 1.40. The Hall–Kier alpha value is -2.41. The van der Waals surface area contributed by atoms with E-state index in [1.165, 1.54) is 0 Å². The number of likely N-dealkylation sites (tertiary alicyclic amines) is 1. The Morgan fingerprint density at radius 1 is 1.30 bits per heavy atom. The van der Waals surface area contributed by atoms with Gasteiger partial charge in [0.05, 0.1) is 6.61 Å². The van der Waals surface area contributed by atoms with Gasteiger partial charge >= 0.3 is 0 Å². The molecule has 1 aliphatic rings. The molecule has 0 aromatic carbocycles. The molecule has 2 aromatic heterocycles. The number of nitrogens with one attached hydrogen (secondary N) is 1. The maximum absolute atomic E-state index is 12.5. The minimum absolute atomic E-state index is 0.108.